The van der Waals surface area contributed by atoms with E-state index < -0.39 is 18.0 Å². The molecule has 0 aliphatic heterocycles. The highest BCUT2D eigenvalue weighted by Crippen LogP contribution is 2.26. The molecule has 0 radical (unpaired) electrons. The van der Waals surface area contributed by atoms with Crippen LogP contribution >= 0.6 is 0 Å². The third kappa shape index (κ3) is 4.25. The van der Waals surface area contributed by atoms with Gasteiger partial charge in [0.05, 0.1) is 5.39 Å². The highest BCUT2D eigenvalue weighted by molar-refractivity contribution is 6.03. The number of amides is 1. The number of benzene rings is 2. The zero-order valence-corrected chi connectivity index (χ0v) is 17.5. The molecule has 156 valence electrons. The molecule has 0 saturated carbocycles. The number of anilines is 1. The number of carbonyl (C=O) groups is 2. The van der Waals surface area contributed by atoms with Gasteiger partial charge in [-0.1, -0.05) is 50.2 Å². The van der Waals surface area contributed by atoms with E-state index in [4.69, 9.17) is 4.74 Å². The first-order valence-corrected chi connectivity index (χ1v) is 9.90. The number of nitrogens with zero attached hydrogens (tertiary/aromatic N) is 2. The molecule has 0 aliphatic carbocycles. The van der Waals surface area contributed by atoms with Crippen LogP contribution in [0.4, 0.5) is 5.69 Å². The van der Waals surface area contributed by atoms with Gasteiger partial charge in [0.15, 0.2) is 11.8 Å². The van der Waals surface area contributed by atoms with Crippen LogP contribution in [0.5, 0.6) is 0 Å². The van der Waals surface area contributed by atoms with Gasteiger partial charge < -0.3 is 10.1 Å². The molecule has 0 unspecified atom stereocenters. The zero-order valence-electron chi connectivity index (χ0n) is 17.5. The fourth-order valence-electron chi connectivity index (χ4n) is 3.22. The van der Waals surface area contributed by atoms with Gasteiger partial charge in [0.25, 0.3) is 11.5 Å². The van der Waals surface area contributed by atoms with E-state index >= 15 is 0 Å². The molecule has 1 N–H and O–H groups in total. The minimum Gasteiger partial charge on any atom is -0.448 e. The van der Waals surface area contributed by atoms with Crippen molar-refractivity contribution in [3.8, 4) is 0 Å². The van der Waals surface area contributed by atoms with Gasteiger partial charge in [-0.05, 0) is 37.0 Å². The standard InChI is InChI=1S/C23H25N3O4/c1-5-14(2)16-10-8-9-13-19(16)24-21(27)15(3)30-23(29)20-17-11-6-7-12-18(17)22(28)26(4)25-20/h6-15H,5H2,1-4H3,(H,24,27)/t14-,15+/m0/s1. The van der Waals surface area contributed by atoms with E-state index in [0.29, 0.717) is 16.5 Å². The van der Waals surface area contributed by atoms with E-state index in [0.717, 1.165) is 16.7 Å². The summed E-state index contributed by atoms with van der Waals surface area (Å²) in [5, 5.41) is 7.64. The Bertz CT molecular complexity index is 1150. The number of aryl methyl sites for hydroxylation is 1. The van der Waals surface area contributed by atoms with Gasteiger partial charge in [0.2, 0.25) is 0 Å². The van der Waals surface area contributed by atoms with E-state index in [2.05, 4.69) is 24.3 Å². The first-order chi connectivity index (χ1) is 14.3. The van der Waals surface area contributed by atoms with Crippen LogP contribution in [-0.2, 0) is 16.6 Å². The van der Waals surface area contributed by atoms with Crippen molar-refractivity contribution in [2.45, 2.75) is 39.2 Å². The smallest absolute Gasteiger partial charge is 0.360 e. The number of hydrogen-bond acceptors (Lipinski definition) is 5. The van der Waals surface area contributed by atoms with Crippen molar-refractivity contribution < 1.29 is 14.3 Å². The fourth-order valence-corrected chi connectivity index (χ4v) is 3.22. The molecule has 3 aromatic rings. The summed E-state index contributed by atoms with van der Waals surface area (Å²) in [6.45, 7) is 5.67. The zero-order chi connectivity index (χ0) is 21.8. The Labute approximate surface area is 174 Å². The normalized spacial score (nSPS) is 12.9. The number of esters is 1. The van der Waals surface area contributed by atoms with E-state index in [-0.39, 0.29) is 17.2 Å². The molecule has 0 aliphatic rings. The predicted octanol–water partition coefficient (Wildman–Crippen LogP) is 3.63. The lowest BCUT2D eigenvalue weighted by Gasteiger charge is -2.18. The quantitative estimate of drug-likeness (QED) is 0.630. The molecule has 2 aromatic carbocycles. The Morgan fingerprint density at radius 1 is 1.07 bits per heavy atom. The number of hydrogen-bond donors (Lipinski definition) is 1. The van der Waals surface area contributed by atoms with Crippen LogP contribution in [0.1, 0.15) is 49.2 Å². The molecule has 0 spiro atoms. The Morgan fingerprint density at radius 3 is 2.40 bits per heavy atom. The molecule has 0 fully saturated rings. The minimum absolute atomic E-state index is 0.00708. The summed E-state index contributed by atoms with van der Waals surface area (Å²) < 4.78 is 6.46. The first-order valence-electron chi connectivity index (χ1n) is 9.90. The van der Waals surface area contributed by atoms with Gasteiger partial charge in [0.1, 0.15) is 0 Å². The van der Waals surface area contributed by atoms with Crippen molar-refractivity contribution >= 4 is 28.3 Å². The van der Waals surface area contributed by atoms with Gasteiger partial charge in [-0.3, -0.25) is 9.59 Å². The maximum absolute atomic E-state index is 12.7. The predicted molar refractivity (Wildman–Crippen MR) is 116 cm³/mol. The third-order valence-corrected chi connectivity index (χ3v) is 5.16. The van der Waals surface area contributed by atoms with Crippen molar-refractivity contribution in [3.63, 3.8) is 0 Å². The molecular formula is C23H25N3O4. The lowest BCUT2D eigenvalue weighted by molar-refractivity contribution is -0.123. The van der Waals surface area contributed by atoms with E-state index in [1.807, 2.05) is 24.3 Å². The second-order valence-electron chi connectivity index (χ2n) is 7.26. The van der Waals surface area contributed by atoms with Gasteiger partial charge >= 0.3 is 5.97 Å². The molecule has 1 aromatic heterocycles. The minimum atomic E-state index is -1.04. The molecule has 30 heavy (non-hydrogen) atoms. The van der Waals surface area contributed by atoms with Crippen molar-refractivity contribution in [2.24, 2.45) is 7.05 Å². The van der Waals surface area contributed by atoms with Crippen molar-refractivity contribution in [1.82, 2.24) is 9.78 Å². The number of carbonyl (C=O) groups excluding carboxylic acids is 2. The highest BCUT2D eigenvalue weighted by atomic mass is 16.5. The molecule has 1 amide bonds. The summed E-state index contributed by atoms with van der Waals surface area (Å²) in [5.41, 5.74) is 1.41. The van der Waals surface area contributed by atoms with Gasteiger partial charge in [-0.25, -0.2) is 9.48 Å². The molecule has 7 nitrogen and oxygen atoms in total. The number of nitrogens with one attached hydrogen (secondary N) is 1. The van der Waals surface area contributed by atoms with Crippen molar-refractivity contribution in [2.75, 3.05) is 5.32 Å². The third-order valence-electron chi connectivity index (χ3n) is 5.16. The first kappa shape index (κ1) is 21.2. The van der Waals surface area contributed by atoms with Gasteiger partial charge in [0, 0.05) is 18.1 Å². The van der Waals surface area contributed by atoms with E-state index in [9.17, 15) is 14.4 Å². The number of rotatable bonds is 6. The van der Waals surface area contributed by atoms with Crippen LogP contribution in [0.3, 0.4) is 0 Å². The summed E-state index contributed by atoms with van der Waals surface area (Å²) in [7, 11) is 1.47. The Balaban J connectivity index is 1.80. The number of ether oxygens (including phenoxy) is 1. The maximum atomic E-state index is 12.7. The molecule has 0 saturated heterocycles. The number of para-hydroxylation sites is 1. The number of fused-ring (bicyclic) bond motifs is 1. The fraction of sp³-hybridized carbons (Fsp3) is 0.304. The average Bonchev–Trinajstić information content (AvgIpc) is 2.75. The second-order valence-corrected chi connectivity index (χ2v) is 7.26. The topological polar surface area (TPSA) is 90.3 Å². The van der Waals surface area contributed by atoms with Gasteiger partial charge in [-0.15, -0.1) is 0 Å². The molecular weight excluding hydrogens is 382 g/mol. The van der Waals surface area contributed by atoms with Crippen LogP contribution < -0.4 is 10.9 Å². The monoisotopic (exact) mass is 407 g/mol. The second kappa shape index (κ2) is 8.90. The Morgan fingerprint density at radius 2 is 1.70 bits per heavy atom. The molecule has 1 heterocycles. The van der Waals surface area contributed by atoms with Crippen LogP contribution in [0.2, 0.25) is 0 Å². The van der Waals surface area contributed by atoms with E-state index in [1.54, 1.807) is 24.3 Å². The van der Waals surface area contributed by atoms with Crippen molar-refractivity contribution in [3.05, 3.63) is 70.1 Å². The average molecular weight is 407 g/mol. The van der Waals surface area contributed by atoms with E-state index in [1.165, 1.54) is 14.0 Å². The largest absolute Gasteiger partial charge is 0.448 e. The maximum Gasteiger partial charge on any atom is 0.360 e. The van der Waals surface area contributed by atoms with Crippen LogP contribution in [-0.4, -0.2) is 27.8 Å². The molecule has 3 rings (SSSR count). The molecule has 7 heteroatoms. The number of aromatic nitrogens is 2. The SMILES string of the molecule is CC[C@H](C)c1ccccc1NC(=O)[C@@H](C)OC(=O)c1nn(C)c(=O)c2ccccc12. The van der Waals surface area contributed by atoms with Crippen LogP contribution in [0.25, 0.3) is 10.8 Å². The van der Waals surface area contributed by atoms with Crippen LogP contribution in [0, 0.1) is 0 Å². The summed E-state index contributed by atoms with van der Waals surface area (Å²) in [4.78, 5) is 37.6. The Kier molecular flexibility index (Phi) is 6.30. The summed E-state index contributed by atoms with van der Waals surface area (Å²) in [5.74, 6) is -0.923. The lowest BCUT2D eigenvalue weighted by Crippen LogP contribution is -2.31. The van der Waals surface area contributed by atoms with Crippen molar-refractivity contribution in [1.29, 1.82) is 0 Å². The van der Waals surface area contributed by atoms with Crippen LogP contribution in [0.15, 0.2) is 53.3 Å². The Hall–Kier alpha value is -3.48. The summed E-state index contributed by atoms with van der Waals surface area (Å²) in [6.07, 6.45) is -0.108. The lowest BCUT2D eigenvalue weighted by atomic mass is 9.97. The van der Waals surface area contributed by atoms with Gasteiger partial charge in [-0.2, -0.15) is 5.10 Å². The highest BCUT2D eigenvalue weighted by Gasteiger charge is 2.23. The summed E-state index contributed by atoms with van der Waals surface area (Å²) >= 11 is 0. The summed E-state index contributed by atoms with van der Waals surface area (Å²) in [6, 6.07) is 14.3. The molecule has 2 atom stereocenters. The molecule has 0 bridgehead atoms.